The zero-order chi connectivity index (χ0) is 58.5. The van der Waals surface area contributed by atoms with Gasteiger partial charge in [-0.2, -0.15) is 0 Å². The van der Waals surface area contributed by atoms with Crippen molar-refractivity contribution in [1.82, 2.24) is 0 Å². The number of rotatable bonds is 68. The van der Waals surface area contributed by atoms with E-state index >= 15 is 0 Å². The molecule has 0 aromatic heterocycles. The number of carbonyl (C=O) groups excluding carboxylic acids is 3. The van der Waals surface area contributed by atoms with Crippen molar-refractivity contribution >= 4 is 17.9 Å². The van der Waals surface area contributed by atoms with Crippen LogP contribution in [0.15, 0.2) is 36.5 Å². The first-order valence-corrected chi connectivity index (χ1v) is 36.5. The van der Waals surface area contributed by atoms with Gasteiger partial charge in [0.25, 0.3) is 0 Å². The number of esters is 3. The van der Waals surface area contributed by atoms with Crippen molar-refractivity contribution in [2.75, 3.05) is 13.2 Å². The molecule has 0 radical (unpaired) electrons. The third-order valence-electron chi connectivity index (χ3n) is 16.6. The Kier molecular flexibility index (Phi) is 68.1. The second kappa shape index (κ2) is 70.1. The smallest absolute Gasteiger partial charge is 0.306 e. The van der Waals surface area contributed by atoms with Gasteiger partial charge in [0.1, 0.15) is 13.2 Å². The molecule has 0 amide bonds. The van der Waals surface area contributed by atoms with E-state index in [1.54, 1.807) is 0 Å². The fourth-order valence-corrected chi connectivity index (χ4v) is 11.1. The zero-order valence-electron chi connectivity index (χ0n) is 54.8. The Hall–Kier alpha value is -2.37. The summed E-state index contributed by atoms with van der Waals surface area (Å²) < 4.78 is 17.0. The van der Waals surface area contributed by atoms with Gasteiger partial charge in [-0.1, -0.05) is 346 Å². The minimum Gasteiger partial charge on any atom is -0.462 e. The normalized spacial score (nSPS) is 12.2. The number of unbranched alkanes of at least 4 members (excludes halogenated alkanes) is 51. The monoisotopic (exact) mass is 1140 g/mol. The van der Waals surface area contributed by atoms with Crippen molar-refractivity contribution < 1.29 is 28.6 Å². The molecular formula is C75H140O6. The van der Waals surface area contributed by atoms with E-state index in [-0.39, 0.29) is 31.1 Å². The molecule has 81 heavy (non-hydrogen) atoms. The second-order valence-corrected chi connectivity index (χ2v) is 24.9. The molecule has 0 aliphatic heterocycles. The van der Waals surface area contributed by atoms with Gasteiger partial charge >= 0.3 is 17.9 Å². The predicted molar refractivity (Wildman–Crippen MR) is 353 cm³/mol. The summed E-state index contributed by atoms with van der Waals surface area (Å²) in [6, 6.07) is 0. The van der Waals surface area contributed by atoms with Crippen LogP contribution < -0.4 is 0 Å². The molecule has 0 aromatic rings. The Morgan fingerprint density at radius 1 is 0.247 bits per heavy atom. The van der Waals surface area contributed by atoms with Crippen LogP contribution in [0.4, 0.5) is 0 Å². The minimum atomic E-state index is -0.774. The summed E-state index contributed by atoms with van der Waals surface area (Å²) >= 11 is 0. The molecule has 0 aliphatic carbocycles. The lowest BCUT2D eigenvalue weighted by atomic mass is 10.0. The van der Waals surface area contributed by atoms with Crippen LogP contribution in [0, 0.1) is 0 Å². The van der Waals surface area contributed by atoms with Crippen molar-refractivity contribution in [1.29, 1.82) is 0 Å². The van der Waals surface area contributed by atoms with Crippen LogP contribution >= 0.6 is 0 Å². The molecule has 0 aliphatic rings. The third kappa shape index (κ3) is 68.3. The summed E-state index contributed by atoms with van der Waals surface area (Å²) in [5.74, 6) is -0.845. The Morgan fingerprint density at radius 2 is 0.444 bits per heavy atom. The van der Waals surface area contributed by atoms with Crippen molar-refractivity contribution in [2.45, 2.75) is 412 Å². The van der Waals surface area contributed by atoms with E-state index in [9.17, 15) is 14.4 Å². The van der Waals surface area contributed by atoms with Gasteiger partial charge in [0, 0.05) is 19.3 Å². The highest BCUT2D eigenvalue weighted by Crippen LogP contribution is 2.19. The molecule has 1 unspecified atom stereocenters. The molecule has 0 saturated heterocycles. The minimum absolute atomic E-state index is 0.0691. The number of allylic oxidation sites excluding steroid dienone is 6. The van der Waals surface area contributed by atoms with Gasteiger partial charge < -0.3 is 14.2 Å². The zero-order valence-corrected chi connectivity index (χ0v) is 54.8. The van der Waals surface area contributed by atoms with E-state index in [2.05, 4.69) is 57.2 Å². The van der Waals surface area contributed by atoms with Gasteiger partial charge in [-0.3, -0.25) is 14.4 Å². The molecule has 0 saturated carbocycles. The molecule has 0 fully saturated rings. The van der Waals surface area contributed by atoms with Crippen molar-refractivity contribution in [3.8, 4) is 0 Å². The van der Waals surface area contributed by atoms with Crippen LogP contribution in [0.1, 0.15) is 406 Å². The SMILES string of the molecule is CCCCC/C=C\C/C=C\CCCCCCCCCC(=O)OCC(COC(=O)CCCCCCCCCCCCCCCCC/C=C\CCCCCCCCCC)OC(=O)CCCCCCCCCCCCCCCCCCCCC. The topological polar surface area (TPSA) is 78.9 Å². The molecule has 0 heterocycles. The molecule has 6 heteroatoms. The van der Waals surface area contributed by atoms with E-state index in [1.165, 1.54) is 295 Å². The molecule has 0 bridgehead atoms. The lowest BCUT2D eigenvalue weighted by Crippen LogP contribution is -2.30. The fraction of sp³-hybridized carbons (Fsp3) is 0.880. The molecular weight excluding hydrogens is 997 g/mol. The second-order valence-electron chi connectivity index (χ2n) is 24.9. The summed E-state index contributed by atoms with van der Waals surface area (Å²) in [7, 11) is 0. The fourth-order valence-electron chi connectivity index (χ4n) is 11.1. The quantitative estimate of drug-likeness (QED) is 0.0261. The highest BCUT2D eigenvalue weighted by molar-refractivity contribution is 5.71. The maximum atomic E-state index is 13.0. The Morgan fingerprint density at radius 3 is 0.716 bits per heavy atom. The third-order valence-corrected chi connectivity index (χ3v) is 16.6. The Bertz CT molecular complexity index is 1350. The van der Waals surface area contributed by atoms with E-state index in [0.29, 0.717) is 19.3 Å². The van der Waals surface area contributed by atoms with Crippen LogP contribution in [-0.4, -0.2) is 37.2 Å². The first kappa shape index (κ1) is 78.6. The van der Waals surface area contributed by atoms with Crippen molar-refractivity contribution in [2.24, 2.45) is 0 Å². The van der Waals surface area contributed by atoms with Crippen molar-refractivity contribution in [3.05, 3.63) is 36.5 Å². The number of hydrogen-bond donors (Lipinski definition) is 0. The highest BCUT2D eigenvalue weighted by Gasteiger charge is 2.19. The number of carbonyl (C=O) groups is 3. The first-order chi connectivity index (χ1) is 40.0. The van der Waals surface area contributed by atoms with Crippen LogP contribution in [-0.2, 0) is 28.6 Å². The van der Waals surface area contributed by atoms with Gasteiger partial charge in [0.2, 0.25) is 0 Å². The maximum Gasteiger partial charge on any atom is 0.306 e. The predicted octanol–water partition coefficient (Wildman–Crippen LogP) is 25.1. The van der Waals surface area contributed by atoms with Gasteiger partial charge in [0.15, 0.2) is 6.10 Å². The molecule has 0 aromatic carbocycles. The molecule has 0 N–H and O–H groups in total. The van der Waals surface area contributed by atoms with E-state index in [1.807, 2.05) is 0 Å². The number of hydrogen-bond acceptors (Lipinski definition) is 6. The molecule has 6 nitrogen and oxygen atoms in total. The Labute approximate surface area is 506 Å². The van der Waals surface area contributed by atoms with Gasteiger partial charge in [-0.25, -0.2) is 0 Å². The highest BCUT2D eigenvalue weighted by atomic mass is 16.6. The van der Waals surface area contributed by atoms with E-state index < -0.39 is 6.10 Å². The average Bonchev–Trinajstić information content (AvgIpc) is 3.47. The lowest BCUT2D eigenvalue weighted by molar-refractivity contribution is -0.167. The number of ether oxygens (including phenoxy) is 3. The van der Waals surface area contributed by atoms with Gasteiger partial charge in [-0.05, 0) is 77.0 Å². The summed E-state index contributed by atoms with van der Waals surface area (Å²) in [6.07, 6.45) is 87.5. The molecule has 0 rings (SSSR count). The molecule has 1 atom stereocenters. The van der Waals surface area contributed by atoms with E-state index in [0.717, 1.165) is 70.6 Å². The lowest BCUT2D eigenvalue weighted by Gasteiger charge is -2.18. The van der Waals surface area contributed by atoms with Crippen LogP contribution in [0.2, 0.25) is 0 Å². The summed E-state index contributed by atoms with van der Waals surface area (Å²) in [5.41, 5.74) is 0. The average molecular weight is 1140 g/mol. The van der Waals surface area contributed by atoms with Gasteiger partial charge in [-0.15, -0.1) is 0 Å². The van der Waals surface area contributed by atoms with Crippen LogP contribution in [0.5, 0.6) is 0 Å². The molecule has 0 spiro atoms. The van der Waals surface area contributed by atoms with Crippen LogP contribution in [0.25, 0.3) is 0 Å². The summed E-state index contributed by atoms with van der Waals surface area (Å²) in [4.78, 5) is 38.5. The molecule has 476 valence electrons. The Balaban J connectivity index is 4.26. The maximum absolute atomic E-state index is 13.0. The summed E-state index contributed by atoms with van der Waals surface area (Å²) in [5, 5.41) is 0. The van der Waals surface area contributed by atoms with E-state index in [4.69, 9.17) is 14.2 Å². The van der Waals surface area contributed by atoms with Gasteiger partial charge in [0.05, 0.1) is 0 Å². The summed E-state index contributed by atoms with van der Waals surface area (Å²) in [6.45, 7) is 6.69. The standard InChI is InChI=1S/C75H140O6/c1-4-7-10-13-16-19-22-25-28-31-33-34-35-36-37-38-39-40-42-44-47-50-53-56-59-62-65-68-74(77)80-71-72(70-79-73(76)67-64-61-58-55-52-49-46-43-30-27-24-21-18-15-12-9-6-3)81-75(78)69-66-63-60-57-54-51-48-45-41-32-29-26-23-20-17-14-11-8-5-2/h18,21,27,30-31,33,72H,4-17,19-20,22-26,28-29,32,34-71H2,1-3H3/b21-18-,30-27-,33-31-. The largest absolute Gasteiger partial charge is 0.462 e. The first-order valence-electron chi connectivity index (χ1n) is 36.5. The van der Waals surface area contributed by atoms with Crippen LogP contribution in [0.3, 0.4) is 0 Å². The van der Waals surface area contributed by atoms with Crippen molar-refractivity contribution in [3.63, 3.8) is 0 Å².